The highest BCUT2D eigenvalue weighted by atomic mass is 35.5. The molecule has 1 atom stereocenters. The molecule has 0 aliphatic rings. The van der Waals surface area contributed by atoms with Gasteiger partial charge in [0.1, 0.15) is 6.79 Å². The molecule has 0 bridgehead atoms. The van der Waals surface area contributed by atoms with Gasteiger partial charge < -0.3 is 14.8 Å². The van der Waals surface area contributed by atoms with Crippen LogP contribution in [0.25, 0.3) is 12.2 Å². The van der Waals surface area contributed by atoms with Crippen LogP contribution in [0, 0.1) is 0 Å². The lowest BCUT2D eigenvalue weighted by molar-refractivity contribution is -0.129. The zero-order valence-electron chi connectivity index (χ0n) is 16.6. The van der Waals surface area contributed by atoms with E-state index < -0.39 is 11.9 Å². The van der Waals surface area contributed by atoms with E-state index in [0.29, 0.717) is 17.0 Å². The summed E-state index contributed by atoms with van der Waals surface area (Å²) in [5, 5.41) is 12.2. The number of carbonyl (C=O) groups excluding carboxylic acids is 2. The van der Waals surface area contributed by atoms with Crippen molar-refractivity contribution >= 4 is 35.6 Å². The van der Waals surface area contributed by atoms with Crippen molar-refractivity contribution in [1.82, 2.24) is 10.8 Å². The average molecular weight is 433 g/mol. The lowest BCUT2D eigenvalue weighted by atomic mass is 10.1. The van der Waals surface area contributed by atoms with Crippen LogP contribution < -0.4 is 10.8 Å². The highest BCUT2D eigenvalue weighted by molar-refractivity contribution is 6.30. The maximum atomic E-state index is 12.5. The van der Waals surface area contributed by atoms with Crippen LogP contribution in [0.4, 0.5) is 0 Å². The summed E-state index contributed by atoms with van der Waals surface area (Å²) in [7, 11) is 1.50. The monoisotopic (exact) mass is 432 g/mol. The molecule has 2 rings (SSSR count). The molecule has 0 aliphatic heterocycles. The third-order valence-electron chi connectivity index (χ3n) is 4.21. The predicted molar refractivity (Wildman–Crippen MR) is 115 cm³/mol. The number of amides is 2. The molecule has 0 aliphatic carbocycles. The number of ether oxygens (including phenoxy) is 2. The minimum atomic E-state index is -0.530. The summed E-state index contributed by atoms with van der Waals surface area (Å²) in [6.07, 6.45) is 4.26. The third kappa shape index (κ3) is 8.34. The largest absolute Gasteiger partial charge is 0.359 e. The van der Waals surface area contributed by atoms with Crippen LogP contribution in [0.3, 0.4) is 0 Å². The Bertz CT molecular complexity index is 838. The number of hydrogen-bond acceptors (Lipinski definition) is 5. The van der Waals surface area contributed by atoms with Gasteiger partial charge >= 0.3 is 0 Å². The SMILES string of the molecule is COCOCC(CCC(=O)NO)NC(=O)c1ccc(/C=C/c2ccc(Cl)cc2)cc1. The molecule has 1 unspecified atom stereocenters. The first-order valence-corrected chi connectivity index (χ1v) is 9.74. The van der Waals surface area contributed by atoms with Gasteiger partial charge in [-0.25, -0.2) is 5.48 Å². The molecule has 2 aromatic carbocycles. The number of benzene rings is 2. The molecule has 2 aromatic rings. The van der Waals surface area contributed by atoms with Crippen molar-refractivity contribution in [1.29, 1.82) is 0 Å². The standard InChI is InChI=1S/C22H25ClN2O5/c1-29-15-30-14-20(12-13-21(26)25-28)24-22(27)18-8-4-16(5-9-18)2-3-17-6-10-19(23)11-7-17/h2-11,20,28H,12-15H2,1H3,(H,24,27)(H,25,26)/b3-2+. The zero-order chi connectivity index (χ0) is 21.8. The molecular weight excluding hydrogens is 408 g/mol. The molecule has 2 amide bonds. The molecule has 0 heterocycles. The fraction of sp³-hybridized carbons (Fsp3) is 0.273. The Morgan fingerprint density at radius 2 is 1.67 bits per heavy atom. The van der Waals surface area contributed by atoms with Crippen molar-refractivity contribution in [3.05, 3.63) is 70.2 Å². The molecule has 0 spiro atoms. The summed E-state index contributed by atoms with van der Waals surface area (Å²) in [5.41, 5.74) is 4.03. The van der Waals surface area contributed by atoms with Crippen LogP contribution in [0.15, 0.2) is 48.5 Å². The predicted octanol–water partition coefficient (Wildman–Crippen LogP) is 3.51. The van der Waals surface area contributed by atoms with Crippen LogP contribution in [0.2, 0.25) is 5.02 Å². The smallest absolute Gasteiger partial charge is 0.251 e. The molecular formula is C22H25ClN2O5. The minimum Gasteiger partial charge on any atom is -0.359 e. The molecule has 0 aromatic heterocycles. The Hall–Kier alpha value is -2.71. The number of methoxy groups -OCH3 is 1. The number of rotatable bonds is 11. The number of hydroxylamine groups is 1. The van der Waals surface area contributed by atoms with Crippen molar-refractivity contribution in [3.8, 4) is 0 Å². The van der Waals surface area contributed by atoms with Gasteiger partial charge in [-0.05, 0) is 41.8 Å². The first-order valence-electron chi connectivity index (χ1n) is 9.36. The van der Waals surface area contributed by atoms with Crippen LogP contribution in [-0.2, 0) is 14.3 Å². The second-order valence-electron chi connectivity index (χ2n) is 6.53. The summed E-state index contributed by atoms with van der Waals surface area (Å²) < 4.78 is 10.1. The van der Waals surface area contributed by atoms with Gasteiger partial charge in [-0.2, -0.15) is 0 Å². The highest BCUT2D eigenvalue weighted by Gasteiger charge is 2.16. The molecule has 0 saturated carbocycles. The van der Waals surface area contributed by atoms with Gasteiger partial charge in [-0.15, -0.1) is 0 Å². The Morgan fingerprint density at radius 3 is 2.23 bits per heavy atom. The molecule has 0 saturated heterocycles. The Morgan fingerprint density at radius 1 is 1.07 bits per heavy atom. The van der Waals surface area contributed by atoms with Crippen LogP contribution >= 0.6 is 11.6 Å². The van der Waals surface area contributed by atoms with Crippen molar-refractivity contribution in [3.63, 3.8) is 0 Å². The van der Waals surface area contributed by atoms with E-state index >= 15 is 0 Å². The summed E-state index contributed by atoms with van der Waals surface area (Å²) in [5.74, 6) is -0.809. The molecule has 7 nitrogen and oxygen atoms in total. The Labute approximate surface area is 180 Å². The fourth-order valence-corrected chi connectivity index (χ4v) is 2.74. The van der Waals surface area contributed by atoms with Crippen molar-refractivity contribution in [2.24, 2.45) is 0 Å². The van der Waals surface area contributed by atoms with Crippen LogP contribution in [0.1, 0.15) is 34.3 Å². The lowest BCUT2D eigenvalue weighted by Crippen LogP contribution is -2.39. The van der Waals surface area contributed by atoms with E-state index in [1.807, 2.05) is 48.6 Å². The highest BCUT2D eigenvalue weighted by Crippen LogP contribution is 2.13. The first kappa shape index (κ1) is 23.6. The molecule has 160 valence electrons. The van der Waals surface area contributed by atoms with Gasteiger partial charge in [-0.3, -0.25) is 14.8 Å². The molecule has 0 radical (unpaired) electrons. The summed E-state index contributed by atoms with van der Waals surface area (Å²) >= 11 is 5.88. The molecule has 8 heteroatoms. The normalized spacial score (nSPS) is 12.0. The van der Waals surface area contributed by atoms with Crippen molar-refractivity contribution in [2.75, 3.05) is 20.5 Å². The van der Waals surface area contributed by atoms with Gasteiger partial charge in [0.2, 0.25) is 5.91 Å². The van der Waals surface area contributed by atoms with Crippen LogP contribution in [0.5, 0.6) is 0 Å². The molecule has 30 heavy (non-hydrogen) atoms. The number of hydrogen-bond donors (Lipinski definition) is 3. The Kier molecular flexibility index (Phi) is 10.0. The topological polar surface area (TPSA) is 96.9 Å². The van der Waals surface area contributed by atoms with Gasteiger partial charge in [0, 0.05) is 24.1 Å². The Balaban J connectivity index is 1.96. The number of nitrogens with one attached hydrogen (secondary N) is 2. The summed E-state index contributed by atoms with van der Waals surface area (Å²) in [6.45, 7) is 0.257. The van der Waals surface area contributed by atoms with Gasteiger partial charge in [0.15, 0.2) is 0 Å². The third-order valence-corrected chi connectivity index (χ3v) is 4.46. The maximum absolute atomic E-state index is 12.5. The van der Waals surface area contributed by atoms with Gasteiger partial charge in [0.25, 0.3) is 5.91 Å². The van der Waals surface area contributed by atoms with E-state index in [1.165, 1.54) is 7.11 Å². The van der Waals surface area contributed by atoms with Crippen molar-refractivity contribution in [2.45, 2.75) is 18.9 Å². The van der Waals surface area contributed by atoms with E-state index in [-0.39, 0.29) is 25.7 Å². The maximum Gasteiger partial charge on any atom is 0.251 e. The van der Waals surface area contributed by atoms with E-state index in [1.54, 1.807) is 17.6 Å². The van der Waals surface area contributed by atoms with E-state index in [9.17, 15) is 9.59 Å². The minimum absolute atomic E-state index is 0.0478. The number of halogens is 1. The van der Waals surface area contributed by atoms with Gasteiger partial charge in [0.05, 0.1) is 12.6 Å². The van der Waals surface area contributed by atoms with E-state index in [2.05, 4.69) is 5.32 Å². The first-order chi connectivity index (χ1) is 14.5. The number of carbonyl (C=O) groups is 2. The van der Waals surface area contributed by atoms with Crippen molar-refractivity contribution < 1.29 is 24.3 Å². The second kappa shape index (κ2) is 12.8. The summed E-state index contributed by atoms with van der Waals surface area (Å²) in [6, 6.07) is 14.2. The van der Waals surface area contributed by atoms with E-state index in [0.717, 1.165) is 11.1 Å². The fourth-order valence-electron chi connectivity index (χ4n) is 2.61. The lowest BCUT2D eigenvalue weighted by Gasteiger charge is -2.18. The second-order valence-corrected chi connectivity index (χ2v) is 6.96. The quantitative estimate of drug-likeness (QED) is 0.166. The van der Waals surface area contributed by atoms with E-state index in [4.69, 9.17) is 26.3 Å². The zero-order valence-corrected chi connectivity index (χ0v) is 17.4. The van der Waals surface area contributed by atoms with Crippen LogP contribution in [-0.4, -0.2) is 43.6 Å². The molecule has 0 fully saturated rings. The summed E-state index contributed by atoms with van der Waals surface area (Å²) in [4.78, 5) is 23.8. The average Bonchev–Trinajstić information content (AvgIpc) is 2.77. The van der Waals surface area contributed by atoms with Gasteiger partial charge in [-0.1, -0.05) is 48.0 Å². The molecule has 3 N–H and O–H groups in total.